The molecule has 19 heavy (non-hydrogen) atoms. The van der Waals surface area contributed by atoms with Crippen LogP contribution in [0.4, 0.5) is 0 Å². The number of nitrogens with two attached hydrogens (primary N) is 1. The van der Waals surface area contributed by atoms with Gasteiger partial charge in [0.1, 0.15) is 6.10 Å². The molecule has 1 saturated heterocycles. The van der Waals surface area contributed by atoms with Crippen molar-refractivity contribution in [1.29, 1.82) is 0 Å². The van der Waals surface area contributed by atoms with Crippen LogP contribution in [0.1, 0.15) is 24.5 Å². The highest BCUT2D eigenvalue weighted by Crippen LogP contribution is 2.31. The standard InChI is InChI=1S/C14H21NO4/c1-17-14-7-10(12(16)8-15)4-5-13(14)19-11-3-2-6-18-9-11/h4-5,7,11-12,16H,2-3,6,8-9,15H2,1H3. The summed E-state index contributed by atoms with van der Waals surface area (Å²) in [5.41, 5.74) is 6.17. The minimum atomic E-state index is -0.680. The van der Waals surface area contributed by atoms with Crippen LogP contribution >= 0.6 is 0 Å². The molecule has 2 atom stereocenters. The van der Waals surface area contributed by atoms with Gasteiger partial charge in [0.2, 0.25) is 0 Å². The lowest BCUT2D eigenvalue weighted by Crippen LogP contribution is -2.28. The SMILES string of the molecule is COc1cc(C(O)CN)ccc1OC1CCCOC1. The minimum absolute atomic E-state index is 0.0629. The zero-order chi connectivity index (χ0) is 13.7. The van der Waals surface area contributed by atoms with Crippen molar-refractivity contribution in [1.82, 2.24) is 0 Å². The first-order valence-electron chi connectivity index (χ1n) is 6.55. The summed E-state index contributed by atoms with van der Waals surface area (Å²) in [5, 5.41) is 9.72. The molecule has 0 bridgehead atoms. The molecule has 0 saturated carbocycles. The van der Waals surface area contributed by atoms with Crippen LogP contribution in [-0.4, -0.2) is 38.1 Å². The first-order valence-corrected chi connectivity index (χ1v) is 6.55. The Morgan fingerprint density at radius 2 is 2.32 bits per heavy atom. The molecule has 1 heterocycles. The molecule has 5 heteroatoms. The zero-order valence-corrected chi connectivity index (χ0v) is 11.2. The van der Waals surface area contributed by atoms with Crippen molar-refractivity contribution in [3.05, 3.63) is 23.8 Å². The highest BCUT2D eigenvalue weighted by molar-refractivity contribution is 5.43. The average Bonchev–Trinajstić information content (AvgIpc) is 2.48. The molecule has 1 aliphatic rings. The van der Waals surface area contributed by atoms with Crippen LogP contribution in [0, 0.1) is 0 Å². The lowest BCUT2D eigenvalue weighted by atomic mass is 10.1. The fraction of sp³-hybridized carbons (Fsp3) is 0.571. The average molecular weight is 267 g/mol. The van der Waals surface area contributed by atoms with E-state index in [0.29, 0.717) is 18.1 Å². The number of benzene rings is 1. The Bertz CT molecular complexity index is 404. The van der Waals surface area contributed by atoms with E-state index in [0.717, 1.165) is 25.0 Å². The van der Waals surface area contributed by atoms with Crippen LogP contribution in [-0.2, 0) is 4.74 Å². The summed E-state index contributed by atoms with van der Waals surface area (Å²) in [6.45, 7) is 1.59. The van der Waals surface area contributed by atoms with Crippen molar-refractivity contribution >= 4 is 0 Å². The van der Waals surface area contributed by atoms with E-state index in [9.17, 15) is 5.11 Å². The molecule has 0 aliphatic carbocycles. The Balaban J connectivity index is 2.11. The fourth-order valence-corrected chi connectivity index (χ4v) is 2.11. The smallest absolute Gasteiger partial charge is 0.161 e. The molecular formula is C14H21NO4. The molecule has 0 aromatic heterocycles. The summed E-state index contributed by atoms with van der Waals surface area (Å²) in [6, 6.07) is 5.37. The van der Waals surface area contributed by atoms with E-state index in [1.165, 1.54) is 0 Å². The third-order valence-electron chi connectivity index (χ3n) is 3.21. The predicted molar refractivity (Wildman–Crippen MR) is 71.5 cm³/mol. The van der Waals surface area contributed by atoms with E-state index in [1.54, 1.807) is 19.2 Å². The number of aliphatic hydroxyl groups excluding tert-OH is 1. The third kappa shape index (κ3) is 3.59. The van der Waals surface area contributed by atoms with Gasteiger partial charge in [-0.3, -0.25) is 0 Å². The molecule has 1 aliphatic heterocycles. The second-order valence-corrected chi connectivity index (χ2v) is 4.62. The van der Waals surface area contributed by atoms with Crippen LogP contribution in [0.25, 0.3) is 0 Å². The van der Waals surface area contributed by atoms with Gasteiger partial charge in [0, 0.05) is 13.2 Å². The highest BCUT2D eigenvalue weighted by atomic mass is 16.5. The Labute approximate surface area is 113 Å². The van der Waals surface area contributed by atoms with Gasteiger partial charge in [-0.25, -0.2) is 0 Å². The number of hydrogen-bond donors (Lipinski definition) is 2. The molecule has 1 aromatic carbocycles. The van der Waals surface area contributed by atoms with Crippen molar-refractivity contribution in [3.63, 3.8) is 0 Å². The van der Waals surface area contributed by atoms with E-state index in [1.807, 2.05) is 6.07 Å². The molecule has 5 nitrogen and oxygen atoms in total. The molecule has 1 aromatic rings. The predicted octanol–water partition coefficient (Wildman–Crippen LogP) is 1.25. The summed E-state index contributed by atoms with van der Waals surface area (Å²) >= 11 is 0. The molecule has 3 N–H and O–H groups in total. The Hall–Kier alpha value is -1.30. The number of ether oxygens (including phenoxy) is 3. The maximum absolute atomic E-state index is 9.72. The van der Waals surface area contributed by atoms with Crippen LogP contribution in [0.5, 0.6) is 11.5 Å². The Kier molecular flexibility index (Phi) is 5.01. The van der Waals surface area contributed by atoms with Crippen molar-refractivity contribution in [2.45, 2.75) is 25.0 Å². The summed E-state index contributed by atoms with van der Waals surface area (Å²) in [7, 11) is 1.58. The summed E-state index contributed by atoms with van der Waals surface area (Å²) < 4.78 is 16.6. The van der Waals surface area contributed by atoms with E-state index in [4.69, 9.17) is 19.9 Å². The Morgan fingerprint density at radius 1 is 1.47 bits per heavy atom. The summed E-state index contributed by atoms with van der Waals surface area (Å²) in [5.74, 6) is 1.28. The molecule has 0 amide bonds. The topological polar surface area (TPSA) is 73.9 Å². The quantitative estimate of drug-likeness (QED) is 0.839. The van der Waals surface area contributed by atoms with Crippen molar-refractivity contribution in [2.75, 3.05) is 26.9 Å². The first kappa shape index (κ1) is 14.1. The molecule has 2 rings (SSSR count). The van der Waals surface area contributed by atoms with Crippen LogP contribution in [0.3, 0.4) is 0 Å². The van der Waals surface area contributed by atoms with Gasteiger partial charge in [-0.15, -0.1) is 0 Å². The summed E-state index contributed by atoms with van der Waals surface area (Å²) in [4.78, 5) is 0. The van der Waals surface area contributed by atoms with Gasteiger partial charge in [-0.05, 0) is 30.5 Å². The van der Waals surface area contributed by atoms with Crippen LogP contribution in [0.2, 0.25) is 0 Å². The lowest BCUT2D eigenvalue weighted by molar-refractivity contribution is 0.00641. The van der Waals surface area contributed by atoms with Gasteiger partial charge in [-0.2, -0.15) is 0 Å². The van der Waals surface area contributed by atoms with Gasteiger partial charge in [0.25, 0.3) is 0 Å². The van der Waals surface area contributed by atoms with Gasteiger partial charge >= 0.3 is 0 Å². The lowest BCUT2D eigenvalue weighted by Gasteiger charge is -2.24. The molecule has 0 spiro atoms. The minimum Gasteiger partial charge on any atom is -0.493 e. The maximum Gasteiger partial charge on any atom is 0.161 e. The third-order valence-corrected chi connectivity index (χ3v) is 3.21. The van der Waals surface area contributed by atoms with Crippen molar-refractivity contribution in [2.24, 2.45) is 5.73 Å². The van der Waals surface area contributed by atoms with Crippen LogP contribution in [0.15, 0.2) is 18.2 Å². The van der Waals surface area contributed by atoms with E-state index >= 15 is 0 Å². The monoisotopic (exact) mass is 267 g/mol. The second kappa shape index (κ2) is 6.75. The zero-order valence-electron chi connectivity index (χ0n) is 11.2. The number of rotatable bonds is 5. The number of aliphatic hydroxyl groups is 1. The fourth-order valence-electron chi connectivity index (χ4n) is 2.11. The molecule has 106 valence electrons. The van der Waals surface area contributed by atoms with Crippen molar-refractivity contribution < 1.29 is 19.3 Å². The van der Waals surface area contributed by atoms with Crippen molar-refractivity contribution in [3.8, 4) is 11.5 Å². The Morgan fingerprint density at radius 3 is 2.95 bits per heavy atom. The second-order valence-electron chi connectivity index (χ2n) is 4.62. The maximum atomic E-state index is 9.72. The van der Waals surface area contributed by atoms with Gasteiger partial charge in [0.15, 0.2) is 11.5 Å². The highest BCUT2D eigenvalue weighted by Gasteiger charge is 2.18. The van der Waals surface area contributed by atoms with E-state index in [-0.39, 0.29) is 12.6 Å². The van der Waals surface area contributed by atoms with Gasteiger partial charge in [0.05, 0.1) is 19.8 Å². The normalized spacial score (nSPS) is 20.9. The molecular weight excluding hydrogens is 246 g/mol. The number of hydrogen-bond acceptors (Lipinski definition) is 5. The van der Waals surface area contributed by atoms with Crippen LogP contribution < -0.4 is 15.2 Å². The van der Waals surface area contributed by atoms with Gasteiger partial charge < -0.3 is 25.1 Å². The number of methoxy groups -OCH3 is 1. The molecule has 0 radical (unpaired) electrons. The molecule has 2 unspecified atom stereocenters. The van der Waals surface area contributed by atoms with Gasteiger partial charge in [-0.1, -0.05) is 6.07 Å². The van der Waals surface area contributed by atoms with E-state index < -0.39 is 6.10 Å². The van der Waals surface area contributed by atoms with E-state index in [2.05, 4.69) is 0 Å². The molecule has 1 fully saturated rings. The largest absolute Gasteiger partial charge is 0.493 e. The summed E-state index contributed by atoms with van der Waals surface area (Å²) in [6.07, 6.45) is 1.38. The first-order chi connectivity index (χ1) is 9.24.